The van der Waals surface area contributed by atoms with E-state index in [2.05, 4.69) is 4.74 Å². The number of hydrogen-bond acceptors (Lipinski definition) is 5. The Bertz CT molecular complexity index is 486. The molecule has 1 aromatic rings. The maximum Gasteiger partial charge on any atom is 0.508 e. The maximum atomic E-state index is 12.1. The van der Waals surface area contributed by atoms with Gasteiger partial charge in [-0.3, -0.25) is 0 Å². The molecule has 1 rings (SSSR count). The van der Waals surface area contributed by atoms with Crippen molar-refractivity contribution in [3.05, 3.63) is 34.9 Å². The Morgan fingerprint density at radius 1 is 1.14 bits per heavy atom. The van der Waals surface area contributed by atoms with E-state index in [9.17, 15) is 9.59 Å². The zero-order valence-corrected chi connectivity index (χ0v) is 13.8. The van der Waals surface area contributed by atoms with Crippen LogP contribution in [0.15, 0.2) is 24.3 Å². The van der Waals surface area contributed by atoms with Crippen molar-refractivity contribution < 1.29 is 23.8 Å². The number of halogens is 1. The van der Waals surface area contributed by atoms with Gasteiger partial charge in [0, 0.05) is 10.9 Å². The summed E-state index contributed by atoms with van der Waals surface area (Å²) in [6.07, 6.45) is -0.446. The van der Waals surface area contributed by atoms with E-state index in [1.165, 1.54) is 0 Å². The molecule has 0 heterocycles. The Labute approximate surface area is 135 Å². The minimum absolute atomic E-state index is 0.130. The molecule has 0 aliphatic rings. The molecular formula is C16H21ClO5. The summed E-state index contributed by atoms with van der Waals surface area (Å²) in [5.74, 6) is -0.558. The van der Waals surface area contributed by atoms with Crippen molar-refractivity contribution in [3.8, 4) is 0 Å². The molecule has 2 unspecified atom stereocenters. The second kappa shape index (κ2) is 9.30. The summed E-state index contributed by atoms with van der Waals surface area (Å²) in [6, 6.07) is 6.48. The second-order valence-corrected chi connectivity index (χ2v) is 5.27. The van der Waals surface area contributed by atoms with E-state index in [-0.39, 0.29) is 25.2 Å². The Balaban J connectivity index is 2.54. The largest absolute Gasteiger partial charge is 0.508 e. The van der Waals surface area contributed by atoms with E-state index >= 15 is 0 Å². The zero-order chi connectivity index (χ0) is 16.5. The Morgan fingerprint density at radius 3 is 2.32 bits per heavy atom. The first-order valence-electron chi connectivity index (χ1n) is 7.24. The number of ether oxygens (including phenoxy) is 3. The second-order valence-electron chi connectivity index (χ2n) is 4.83. The average Bonchev–Trinajstić information content (AvgIpc) is 2.51. The van der Waals surface area contributed by atoms with Crippen LogP contribution in [-0.2, 0) is 14.2 Å². The van der Waals surface area contributed by atoms with E-state index < -0.39 is 12.1 Å². The van der Waals surface area contributed by atoms with Crippen LogP contribution in [-0.4, -0.2) is 31.4 Å². The van der Waals surface area contributed by atoms with Crippen molar-refractivity contribution in [3.63, 3.8) is 0 Å². The lowest BCUT2D eigenvalue weighted by Gasteiger charge is -2.22. The Morgan fingerprint density at radius 2 is 1.77 bits per heavy atom. The van der Waals surface area contributed by atoms with Gasteiger partial charge in [0.15, 0.2) is 0 Å². The zero-order valence-electron chi connectivity index (χ0n) is 13.0. The van der Waals surface area contributed by atoms with Gasteiger partial charge in [-0.2, -0.15) is 0 Å². The van der Waals surface area contributed by atoms with Crippen molar-refractivity contribution >= 4 is 23.7 Å². The van der Waals surface area contributed by atoms with Crippen LogP contribution >= 0.6 is 11.6 Å². The lowest BCUT2D eigenvalue weighted by atomic mass is 10.0. The molecule has 0 radical (unpaired) electrons. The predicted molar refractivity (Wildman–Crippen MR) is 83.1 cm³/mol. The van der Waals surface area contributed by atoms with Gasteiger partial charge < -0.3 is 14.2 Å². The Kier molecular flexibility index (Phi) is 7.74. The van der Waals surface area contributed by atoms with E-state index in [0.717, 1.165) is 0 Å². The fourth-order valence-electron chi connectivity index (χ4n) is 1.86. The van der Waals surface area contributed by atoms with Gasteiger partial charge in [0.05, 0.1) is 12.2 Å². The number of rotatable bonds is 7. The first kappa shape index (κ1) is 18.3. The summed E-state index contributed by atoms with van der Waals surface area (Å²) >= 11 is 5.78. The molecule has 122 valence electrons. The molecule has 0 aliphatic heterocycles. The summed E-state index contributed by atoms with van der Waals surface area (Å²) in [7, 11) is 0. The van der Waals surface area contributed by atoms with Crippen LogP contribution in [0.2, 0.25) is 5.02 Å². The van der Waals surface area contributed by atoms with E-state index in [1.54, 1.807) is 31.2 Å². The first-order valence-corrected chi connectivity index (χ1v) is 7.61. The molecule has 22 heavy (non-hydrogen) atoms. The molecule has 2 atom stereocenters. The number of hydrogen-bond donors (Lipinski definition) is 0. The van der Waals surface area contributed by atoms with E-state index in [0.29, 0.717) is 17.0 Å². The maximum absolute atomic E-state index is 12.1. The average molecular weight is 329 g/mol. The molecule has 6 heteroatoms. The van der Waals surface area contributed by atoms with Gasteiger partial charge in [-0.25, -0.2) is 9.59 Å². The number of esters is 1. The molecule has 0 spiro atoms. The highest BCUT2D eigenvalue weighted by atomic mass is 35.5. The molecule has 0 fully saturated rings. The normalized spacial score (nSPS) is 13.1. The topological polar surface area (TPSA) is 61.8 Å². The lowest BCUT2D eigenvalue weighted by molar-refractivity contribution is -0.00513. The molecule has 0 N–H and O–H groups in total. The SMILES string of the molecule is CCOC(=O)OCC(C)C(CC)OC(=O)c1ccc(Cl)cc1. The number of benzene rings is 1. The van der Waals surface area contributed by atoms with Gasteiger partial charge in [0.25, 0.3) is 0 Å². The summed E-state index contributed by atoms with van der Waals surface area (Å²) in [5.41, 5.74) is 0.432. The van der Waals surface area contributed by atoms with Crippen LogP contribution in [0.3, 0.4) is 0 Å². The molecular weight excluding hydrogens is 308 g/mol. The van der Waals surface area contributed by atoms with Crippen LogP contribution < -0.4 is 0 Å². The van der Waals surface area contributed by atoms with Crippen LogP contribution in [0.1, 0.15) is 37.6 Å². The molecule has 0 saturated heterocycles. The van der Waals surface area contributed by atoms with Gasteiger partial charge in [-0.15, -0.1) is 0 Å². The molecule has 0 bridgehead atoms. The number of carbonyl (C=O) groups excluding carboxylic acids is 2. The Hall–Kier alpha value is -1.75. The van der Waals surface area contributed by atoms with Crippen molar-refractivity contribution in [1.29, 1.82) is 0 Å². The summed E-state index contributed by atoms with van der Waals surface area (Å²) in [5, 5.41) is 0.555. The molecule has 0 amide bonds. The minimum atomic E-state index is -0.715. The fourth-order valence-corrected chi connectivity index (χ4v) is 1.99. The lowest BCUT2D eigenvalue weighted by Crippen LogP contribution is -2.28. The van der Waals surface area contributed by atoms with Crippen LogP contribution in [0.25, 0.3) is 0 Å². The van der Waals surface area contributed by atoms with Crippen molar-refractivity contribution in [2.75, 3.05) is 13.2 Å². The third-order valence-corrected chi connectivity index (χ3v) is 3.35. The van der Waals surface area contributed by atoms with Crippen LogP contribution in [0.4, 0.5) is 4.79 Å². The van der Waals surface area contributed by atoms with Crippen LogP contribution in [0.5, 0.6) is 0 Å². The molecule has 5 nitrogen and oxygen atoms in total. The van der Waals surface area contributed by atoms with Crippen molar-refractivity contribution in [2.24, 2.45) is 5.92 Å². The third kappa shape index (κ3) is 5.93. The van der Waals surface area contributed by atoms with Crippen molar-refractivity contribution in [2.45, 2.75) is 33.3 Å². The number of carbonyl (C=O) groups is 2. The molecule has 1 aromatic carbocycles. The molecule has 0 aromatic heterocycles. The summed E-state index contributed by atoms with van der Waals surface area (Å²) < 4.78 is 15.1. The van der Waals surface area contributed by atoms with Gasteiger partial charge in [-0.05, 0) is 37.6 Å². The molecule has 0 aliphatic carbocycles. The quantitative estimate of drug-likeness (QED) is 0.706. The van der Waals surface area contributed by atoms with Gasteiger partial charge in [0.2, 0.25) is 0 Å². The monoisotopic (exact) mass is 328 g/mol. The van der Waals surface area contributed by atoms with E-state index in [4.69, 9.17) is 21.1 Å². The van der Waals surface area contributed by atoms with E-state index in [1.807, 2.05) is 13.8 Å². The first-order chi connectivity index (χ1) is 10.5. The highest BCUT2D eigenvalue weighted by Crippen LogP contribution is 2.16. The van der Waals surface area contributed by atoms with Crippen molar-refractivity contribution in [1.82, 2.24) is 0 Å². The summed E-state index contributed by atoms with van der Waals surface area (Å²) in [6.45, 7) is 5.85. The highest BCUT2D eigenvalue weighted by molar-refractivity contribution is 6.30. The van der Waals surface area contributed by atoms with Gasteiger partial charge in [0.1, 0.15) is 12.7 Å². The third-order valence-electron chi connectivity index (χ3n) is 3.10. The smallest absolute Gasteiger partial charge is 0.458 e. The molecule has 0 saturated carbocycles. The minimum Gasteiger partial charge on any atom is -0.458 e. The standard InChI is InChI=1S/C16H21ClO5/c1-4-14(11(3)10-21-16(19)20-5-2)22-15(18)12-6-8-13(17)9-7-12/h6-9,11,14H,4-5,10H2,1-3H3. The van der Waals surface area contributed by atoms with Crippen LogP contribution in [0, 0.1) is 5.92 Å². The fraction of sp³-hybridized carbons (Fsp3) is 0.500. The predicted octanol–water partition coefficient (Wildman–Crippen LogP) is 4.08. The van der Waals surface area contributed by atoms with Gasteiger partial charge in [-0.1, -0.05) is 25.4 Å². The summed E-state index contributed by atoms with van der Waals surface area (Å²) in [4.78, 5) is 23.2. The van der Waals surface area contributed by atoms with Gasteiger partial charge >= 0.3 is 12.1 Å². The highest BCUT2D eigenvalue weighted by Gasteiger charge is 2.22.